The molecule has 1 N–H and O–H groups in total. The number of rotatable bonds is 14. The van der Waals surface area contributed by atoms with Gasteiger partial charge in [0.25, 0.3) is 0 Å². The summed E-state index contributed by atoms with van der Waals surface area (Å²) in [5.74, 6) is 0. The van der Waals surface area contributed by atoms with Gasteiger partial charge in [-0.15, -0.1) is 0 Å². The van der Waals surface area contributed by atoms with E-state index in [2.05, 4.69) is 33.0 Å². The smallest absolute Gasteiger partial charge is 0.000506 e. The van der Waals surface area contributed by atoms with Crippen LogP contribution in [0.2, 0.25) is 0 Å². The van der Waals surface area contributed by atoms with E-state index in [1.54, 1.807) is 0 Å². The van der Waals surface area contributed by atoms with Gasteiger partial charge in [-0.05, 0) is 31.2 Å². The Morgan fingerprint density at radius 2 is 1.32 bits per heavy atom. The van der Waals surface area contributed by atoms with Crippen molar-refractivity contribution in [3.8, 4) is 0 Å². The molecule has 0 aliphatic heterocycles. The zero-order valence-electron chi connectivity index (χ0n) is 14.2. The van der Waals surface area contributed by atoms with Gasteiger partial charge in [-0.3, -0.25) is 0 Å². The van der Waals surface area contributed by atoms with Crippen molar-refractivity contribution in [2.75, 3.05) is 13.1 Å². The van der Waals surface area contributed by atoms with Gasteiger partial charge in [-0.2, -0.15) is 0 Å². The van der Waals surface area contributed by atoms with E-state index in [-0.39, 0.29) is 0 Å². The molecule has 0 heterocycles. The van der Waals surface area contributed by atoms with E-state index in [1.165, 1.54) is 83.7 Å². The van der Waals surface area contributed by atoms with Crippen LogP contribution in [0.5, 0.6) is 0 Å². The average Bonchev–Trinajstić information content (AvgIpc) is 2.42. The second-order valence-electron chi connectivity index (χ2n) is 6.57. The largest absolute Gasteiger partial charge is 0.316 e. The van der Waals surface area contributed by atoms with Gasteiger partial charge in [-0.25, -0.2) is 0 Å². The Kier molecular flexibility index (Phi) is 12.9. The molecule has 1 atom stereocenters. The molecule has 1 heteroatoms. The lowest BCUT2D eigenvalue weighted by molar-refractivity contribution is 0.259. The van der Waals surface area contributed by atoms with Crippen LogP contribution in [0, 0.1) is 5.41 Å². The predicted octanol–water partition coefficient (Wildman–Crippen LogP) is 5.93. The molecule has 1 nitrogen and oxygen atoms in total. The van der Waals surface area contributed by atoms with E-state index < -0.39 is 0 Å². The summed E-state index contributed by atoms with van der Waals surface area (Å²) >= 11 is 0. The van der Waals surface area contributed by atoms with Crippen LogP contribution in [-0.2, 0) is 0 Å². The molecule has 0 radical (unpaired) electrons. The molecule has 0 aromatic rings. The molecule has 1 unspecified atom stereocenters. The molecule has 19 heavy (non-hydrogen) atoms. The molecule has 0 saturated heterocycles. The van der Waals surface area contributed by atoms with Gasteiger partial charge in [0, 0.05) is 6.54 Å². The fourth-order valence-electron chi connectivity index (χ4n) is 2.64. The van der Waals surface area contributed by atoms with E-state index in [1.807, 2.05) is 0 Å². The molecule has 0 aliphatic rings. The molecule has 0 amide bonds. The quantitative estimate of drug-likeness (QED) is 0.385. The summed E-state index contributed by atoms with van der Waals surface area (Å²) in [4.78, 5) is 0. The summed E-state index contributed by atoms with van der Waals surface area (Å²) in [6.07, 6.45) is 15.4. The van der Waals surface area contributed by atoms with Crippen molar-refractivity contribution in [2.24, 2.45) is 5.41 Å². The minimum atomic E-state index is 0.525. The van der Waals surface area contributed by atoms with E-state index in [0.29, 0.717) is 5.41 Å². The fraction of sp³-hybridized carbons (Fsp3) is 1.00. The maximum atomic E-state index is 3.60. The number of hydrogen-bond donors (Lipinski definition) is 1. The van der Waals surface area contributed by atoms with Crippen molar-refractivity contribution in [1.82, 2.24) is 5.32 Å². The van der Waals surface area contributed by atoms with Crippen LogP contribution in [0.25, 0.3) is 0 Å². The zero-order chi connectivity index (χ0) is 14.4. The third-order valence-corrected chi connectivity index (χ3v) is 4.47. The Morgan fingerprint density at radius 1 is 0.737 bits per heavy atom. The molecule has 0 aromatic heterocycles. The van der Waals surface area contributed by atoms with Crippen molar-refractivity contribution >= 4 is 0 Å². The van der Waals surface area contributed by atoms with Gasteiger partial charge in [0.2, 0.25) is 0 Å². The zero-order valence-corrected chi connectivity index (χ0v) is 14.2. The summed E-state index contributed by atoms with van der Waals surface area (Å²) in [6.45, 7) is 11.7. The number of unbranched alkanes of at least 4 members (excludes halogenated alkanes) is 7. The summed E-state index contributed by atoms with van der Waals surface area (Å²) < 4.78 is 0. The first-order valence-electron chi connectivity index (χ1n) is 8.89. The Bertz CT molecular complexity index is 179. The first kappa shape index (κ1) is 19.0. The normalized spacial score (nSPS) is 14.5. The second kappa shape index (κ2) is 13.0. The van der Waals surface area contributed by atoms with Crippen LogP contribution in [0.15, 0.2) is 0 Å². The molecule has 0 fully saturated rings. The summed E-state index contributed by atoms with van der Waals surface area (Å²) in [7, 11) is 0. The highest BCUT2D eigenvalue weighted by Gasteiger charge is 2.20. The standard InChI is InChI=1S/C18H39N/c1-5-8-9-10-11-12-13-14-15-18(4,7-3)17-19-16-6-2/h19H,5-17H2,1-4H3. The molecule has 0 aromatic carbocycles. The maximum absolute atomic E-state index is 3.60. The van der Waals surface area contributed by atoms with Crippen LogP contribution in [0.3, 0.4) is 0 Å². The SMILES string of the molecule is CCCCCCCCCCC(C)(CC)CNCCC. The summed E-state index contributed by atoms with van der Waals surface area (Å²) in [6, 6.07) is 0. The van der Waals surface area contributed by atoms with Crippen LogP contribution in [0.1, 0.15) is 98.3 Å². The van der Waals surface area contributed by atoms with Crippen LogP contribution < -0.4 is 5.32 Å². The topological polar surface area (TPSA) is 12.0 Å². The fourth-order valence-corrected chi connectivity index (χ4v) is 2.64. The highest BCUT2D eigenvalue weighted by molar-refractivity contribution is 4.75. The minimum absolute atomic E-state index is 0.525. The van der Waals surface area contributed by atoms with Gasteiger partial charge in [0.1, 0.15) is 0 Å². The summed E-state index contributed by atoms with van der Waals surface area (Å²) in [5, 5.41) is 3.60. The first-order chi connectivity index (χ1) is 9.18. The predicted molar refractivity (Wildman–Crippen MR) is 88.8 cm³/mol. The van der Waals surface area contributed by atoms with Crippen LogP contribution in [-0.4, -0.2) is 13.1 Å². The maximum Gasteiger partial charge on any atom is 0.000506 e. The molecule has 0 rings (SSSR count). The Balaban J connectivity index is 3.49. The van der Waals surface area contributed by atoms with E-state index in [0.717, 1.165) is 0 Å². The van der Waals surface area contributed by atoms with Gasteiger partial charge >= 0.3 is 0 Å². The molecule has 0 bridgehead atoms. The van der Waals surface area contributed by atoms with Crippen LogP contribution >= 0.6 is 0 Å². The van der Waals surface area contributed by atoms with E-state index in [9.17, 15) is 0 Å². The van der Waals surface area contributed by atoms with Gasteiger partial charge < -0.3 is 5.32 Å². The second-order valence-corrected chi connectivity index (χ2v) is 6.57. The van der Waals surface area contributed by atoms with Gasteiger partial charge in [-0.1, -0.05) is 79.1 Å². The van der Waals surface area contributed by atoms with E-state index in [4.69, 9.17) is 0 Å². The third-order valence-electron chi connectivity index (χ3n) is 4.47. The Morgan fingerprint density at radius 3 is 1.84 bits per heavy atom. The monoisotopic (exact) mass is 269 g/mol. The van der Waals surface area contributed by atoms with Crippen molar-refractivity contribution in [1.29, 1.82) is 0 Å². The van der Waals surface area contributed by atoms with Crippen molar-refractivity contribution in [3.63, 3.8) is 0 Å². The van der Waals surface area contributed by atoms with Crippen molar-refractivity contribution < 1.29 is 0 Å². The molecular weight excluding hydrogens is 230 g/mol. The molecule has 116 valence electrons. The van der Waals surface area contributed by atoms with Crippen LogP contribution in [0.4, 0.5) is 0 Å². The average molecular weight is 270 g/mol. The lowest BCUT2D eigenvalue weighted by Gasteiger charge is -2.28. The Labute approximate surface area is 122 Å². The Hall–Kier alpha value is -0.0400. The molecule has 0 aliphatic carbocycles. The highest BCUT2D eigenvalue weighted by Crippen LogP contribution is 2.27. The number of hydrogen-bond acceptors (Lipinski definition) is 1. The highest BCUT2D eigenvalue weighted by atomic mass is 14.9. The van der Waals surface area contributed by atoms with E-state index >= 15 is 0 Å². The summed E-state index contributed by atoms with van der Waals surface area (Å²) in [5.41, 5.74) is 0.525. The van der Waals surface area contributed by atoms with Crippen molar-refractivity contribution in [3.05, 3.63) is 0 Å². The van der Waals surface area contributed by atoms with Crippen molar-refractivity contribution in [2.45, 2.75) is 98.3 Å². The first-order valence-corrected chi connectivity index (χ1v) is 8.89. The minimum Gasteiger partial charge on any atom is -0.316 e. The number of nitrogens with one attached hydrogen (secondary N) is 1. The lowest BCUT2D eigenvalue weighted by atomic mass is 9.82. The molecular formula is C18H39N. The lowest BCUT2D eigenvalue weighted by Crippen LogP contribution is -2.31. The molecule has 0 saturated carbocycles. The van der Waals surface area contributed by atoms with Gasteiger partial charge in [0.15, 0.2) is 0 Å². The molecule has 0 spiro atoms. The third kappa shape index (κ3) is 11.5. The van der Waals surface area contributed by atoms with Gasteiger partial charge in [0.05, 0.1) is 0 Å².